The van der Waals surface area contributed by atoms with E-state index in [4.69, 9.17) is 4.74 Å². The molecule has 2 aromatic rings. The molecule has 0 aliphatic carbocycles. The molecule has 126 valence electrons. The third kappa shape index (κ3) is 3.35. The maximum absolute atomic E-state index is 13.7. The summed E-state index contributed by atoms with van der Waals surface area (Å²) in [6.07, 6.45) is -1.80. The number of β-amino-alcohol motifs (C(OH)–C–C–N with tert-alkyl or cyclic N) is 1. The highest BCUT2D eigenvalue weighted by Crippen LogP contribution is 2.22. The molecule has 2 atom stereocenters. The van der Waals surface area contributed by atoms with Crippen molar-refractivity contribution < 1.29 is 27.8 Å². The molecule has 1 aliphatic rings. The minimum Gasteiger partial charge on any atom is -0.486 e. The van der Waals surface area contributed by atoms with E-state index in [1.165, 1.54) is 23.1 Å². The number of amides is 1. The lowest BCUT2D eigenvalue weighted by atomic mass is 10.2. The van der Waals surface area contributed by atoms with E-state index in [0.717, 1.165) is 24.3 Å². The predicted molar refractivity (Wildman–Crippen MR) is 79.1 cm³/mol. The number of aliphatic hydroxyl groups is 1. The Balaban J connectivity index is 1.73. The number of likely N-dealkylation sites (tertiary alicyclic amines) is 1. The Bertz CT molecular complexity index is 768. The minimum absolute atomic E-state index is 0.0214. The van der Waals surface area contributed by atoms with Crippen molar-refractivity contribution >= 4 is 5.91 Å². The fourth-order valence-electron chi connectivity index (χ4n) is 2.59. The van der Waals surface area contributed by atoms with Crippen molar-refractivity contribution in [3.8, 4) is 5.75 Å². The number of hydrogen-bond donors (Lipinski definition) is 1. The summed E-state index contributed by atoms with van der Waals surface area (Å²) in [6.45, 7) is -0.110. The molecular formula is C17H14F3NO3. The standard InChI is InChI=1S/C17H14F3NO3/c18-10-2-1-3-12(6-10)24-16-9-21(8-15(16)22)17(23)13-7-11(19)4-5-14(13)20/h1-7,15-16,22H,8-9H2/t15-,16-/m1/s1. The van der Waals surface area contributed by atoms with Gasteiger partial charge in [-0.05, 0) is 30.3 Å². The SMILES string of the molecule is O=C(c1cc(F)ccc1F)N1C[C@@H](O)[C@H](Oc2cccc(F)c2)C1. The van der Waals surface area contributed by atoms with E-state index in [-0.39, 0.29) is 18.8 Å². The lowest BCUT2D eigenvalue weighted by Crippen LogP contribution is -2.31. The number of benzene rings is 2. The van der Waals surface area contributed by atoms with E-state index < -0.39 is 41.1 Å². The Morgan fingerprint density at radius 3 is 2.58 bits per heavy atom. The normalized spacial score (nSPS) is 20.2. The maximum Gasteiger partial charge on any atom is 0.257 e. The number of aliphatic hydroxyl groups excluding tert-OH is 1. The Kier molecular flexibility index (Phi) is 4.44. The lowest BCUT2D eigenvalue weighted by molar-refractivity contribution is 0.0727. The zero-order valence-corrected chi connectivity index (χ0v) is 12.5. The predicted octanol–water partition coefficient (Wildman–Crippen LogP) is 2.37. The Labute approximate surface area is 136 Å². The molecule has 0 spiro atoms. The van der Waals surface area contributed by atoms with Crippen molar-refractivity contribution in [2.45, 2.75) is 12.2 Å². The van der Waals surface area contributed by atoms with Crippen LogP contribution in [0.15, 0.2) is 42.5 Å². The first-order valence-corrected chi connectivity index (χ1v) is 7.28. The highest BCUT2D eigenvalue weighted by atomic mass is 19.1. The minimum atomic E-state index is -1.02. The van der Waals surface area contributed by atoms with E-state index in [2.05, 4.69) is 0 Å². The van der Waals surface area contributed by atoms with E-state index in [0.29, 0.717) is 0 Å². The first-order valence-electron chi connectivity index (χ1n) is 7.28. The van der Waals surface area contributed by atoms with Crippen molar-refractivity contribution in [1.82, 2.24) is 4.90 Å². The molecule has 0 radical (unpaired) electrons. The van der Waals surface area contributed by atoms with Crippen molar-refractivity contribution in [2.75, 3.05) is 13.1 Å². The lowest BCUT2D eigenvalue weighted by Gasteiger charge is -2.17. The van der Waals surface area contributed by atoms with E-state index in [1.54, 1.807) is 0 Å². The van der Waals surface area contributed by atoms with Gasteiger partial charge in [-0.25, -0.2) is 13.2 Å². The third-order valence-corrected chi connectivity index (χ3v) is 3.77. The van der Waals surface area contributed by atoms with E-state index >= 15 is 0 Å². The van der Waals surface area contributed by atoms with Crippen molar-refractivity contribution in [3.05, 3.63) is 65.5 Å². The summed E-state index contributed by atoms with van der Waals surface area (Å²) in [5.74, 6) is -2.59. The summed E-state index contributed by atoms with van der Waals surface area (Å²) >= 11 is 0. The second-order valence-corrected chi connectivity index (χ2v) is 5.52. The van der Waals surface area contributed by atoms with Gasteiger partial charge in [0, 0.05) is 6.07 Å². The monoisotopic (exact) mass is 337 g/mol. The quantitative estimate of drug-likeness (QED) is 0.935. The van der Waals surface area contributed by atoms with Crippen LogP contribution in [0, 0.1) is 17.5 Å². The molecule has 1 fully saturated rings. The highest BCUT2D eigenvalue weighted by molar-refractivity contribution is 5.94. The summed E-state index contributed by atoms with van der Waals surface area (Å²) in [6, 6.07) is 7.98. The van der Waals surface area contributed by atoms with Gasteiger partial charge in [0.1, 0.15) is 35.4 Å². The van der Waals surface area contributed by atoms with Crippen LogP contribution in [0.3, 0.4) is 0 Å². The maximum atomic E-state index is 13.7. The van der Waals surface area contributed by atoms with Crippen LogP contribution < -0.4 is 4.74 Å². The van der Waals surface area contributed by atoms with Gasteiger partial charge in [-0.1, -0.05) is 6.07 Å². The van der Waals surface area contributed by atoms with Gasteiger partial charge < -0.3 is 14.7 Å². The van der Waals surface area contributed by atoms with Crippen LogP contribution in [0.5, 0.6) is 5.75 Å². The van der Waals surface area contributed by atoms with Gasteiger partial charge in [0.15, 0.2) is 0 Å². The van der Waals surface area contributed by atoms with Crippen LogP contribution in [0.25, 0.3) is 0 Å². The van der Waals surface area contributed by atoms with Gasteiger partial charge in [-0.2, -0.15) is 0 Å². The summed E-state index contributed by atoms with van der Waals surface area (Å²) < 4.78 is 45.6. The molecule has 0 bridgehead atoms. The van der Waals surface area contributed by atoms with Crippen LogP contribution in [-0.4, -0.2) is 41.2 Å². The number of carbonyl (C=O) groups excluding carboxylic acids is 1. The Hall–Kier alpha value is -2.54. The molecule has 1 amide bonds. The zero-order chi connectivity index (χ0) is 17.3. The van der Waals surface area contributed by atoms with Crippen molar-refractivity contribution in [3.63, 3.8) is 0 Å². The van der Waals surface area contributed by atoms with Crippen LogP contribution in [0.4, 0.5) is 13.2 Å². The molecule has 7 heteroatoms. The molecule has 3 rings (SSSR count). The average molecular weight is 337 g/mol. The molecule has 0 aromatic heterocycles. The molecule has 4 nitrogen and oxygen atoms in total. The van der Waals surface area contributed by atoms with Gasteiger partial charge >= 0.3 is 0 Å². The number of hydrogen-bond acceptors (Lipinski definition) is 3. The van der Waals surface area contributed by atoms with Gasteiger partial charge in [0.2, 0.25) is 0 Å². The van der Waals surface area contributed by atoms with Gasteiger partial charge in [0.25, 0.3) is 5.91 Å². The fourth-order valence-corrected chi connectivity index (χ4v) is 2.59. The number of ether oxygens (including phenoxy) is 1. The number of nitrogens with zero attached hydrogens (tertiary/aromatic N) is 1. The second-order valence-electron chi connectivity index (χ2n) is 5.52. The molecule has 1 N–H and O–H groups in total. The van der Waals surface area contributed by atoms with Crippen LogP contribution in [0.1, 0.15) is 10.4 Å². The van der Waals surface area contributed by atoms with Crippen LogP contribution in [-0.2, 0) is 0 Å². The first-order chi connectivity index (χ1) is 11.4. The number of halogens is 3. The van der Waals surface area contributed by atoms with Gasteiger partial charge in [-0.3, -0.25) is 4.79 Å². The zero-order valence-electron chi connectivity index (χ0n) is 12.5. The Morgan fingerprint density at radius 1 is 1.08 bits per heavy atom. The van der Waals surface area contributed by atoms with Gasteiger partial charge in [-0.15, -0.1) is 0 Å². The molecule has 1 saturated heterocycles. The largest absolute Gasteiger partial charge is 0.486 e. The summed E-state index contributed by atoms with van der Waals surface area (Å²) in [4.78, 5) is 13.5. The van der Waals surface area contributed by atoms with Crippen LogP contribution >= 0.6 is 0 Å². The van der Waals surface area contributed by atoms with Crippen LogP contribution in [0.2, 0.25) is 0 Å². The summed E-state index contributed by atoms with van der Waals surface area (Å²) in [7, 11) is 0. The first kappa shape index (κ1) is 16.3. The number of carbonyl (C=O) groups is 1. The van der Waals surface area contributed by atoms with Crippen molar-refractivity contribution in [1.29, 1.82) is 0 Å². The smallest absolute Gasteiger partial charge is 0.257 e. The molecular weight excluding hydrogens is 323 g/mol. The fraction of sp³-hybridized carbons (Fsp3) is 0.235. The van der Waals surface area contributed by atoms with E-state index in [1.807, 2.05) is 0 Å². The molecule has 0 unspecified atom stereocenters. The summed E-state index contributed by atoms with van der Waals surface area (Å²) in [5, 5.41) is 10.0. The number of rotatable bonds is 3. The molecule has 2 aromatic carbocycles. The molecule has 0 saturated carbocycles. The molecule has 1 heterocycles. The van der Waals surface area contributed by atoms with E-state index in [9.17, 15) is 23.1 Å². The molecule has 24 heavy (non-hydrogen) atoms. The van der Waals surface area contributed by atoms with Gasteiger partial charge in [0.05, 0.1) is 18.7 Å². The third-order valence-electron chi connectivity index (χ3n) is 3.77. The topological polar surface area (TPSA) is 49.8 Å². The molecule has 1 aliphatic heterocycles. The second kappa shape index (κ2) is 6.52. The average Bonchev–Trinajstić information content (AvgIpc) is 2.90. The van der Waals surface area contributed by atoms with Crippen molar-refractivity contribution in [2.24, 2.45) is 0 Å². The highest BCUT2D eigenvalue weighted by Gasteiger charge is 2.36. The summed E-state index contributed by atoms with van der Waals surface area (Å²) in [5.41, 5.74) is -0.409. The Morgan fingerprint density at radius 2 is 1.83 bits per heavy atom.